The third-order valence-electron chi connectivity index (χ3n) is 5.67. The second-order valence-electron chi connectivity index (χ2n) is 6.55. The quantitative estimate of drug-likeness (QED) is 0.745. The zero-order valence-electron chi connectivity index (χ0n) is 10.8. The van der Waals surface area contributed by atoms with E-state index in [2.05, 4.69) is 5.32 Å². The molecule has 4 aliphatic rings. The van der Waals surface area contributed by atoms with Crippen LogP contribution in [0, 0.1) is 23.7 Å². The van der Waals surface area contributed by atoms with Gasteiger partial charge in [-0.15, -0.1) is 0 Å². The van der Waals surface area contributed by atoms with Gasteiger partial charge in [0.2, 0.25) is 11.8 Å². The molecule has 98 valence electrons. The Bertz CT molecular complexity index is 406. The molecule has 1 saturated heterocycles. The molecular formula is C14H20N2O2. The molecule has 0 aromatic carbocycles. The Labute approximate surface area is 107 Å². The van der Waals surface area contributed by atoms with E-state index in [1.54, 1.807) is 0 Å². The largest absolute Gasteiger partial charge is 0.345 e. The van der Waals surface area contributed by atoms with E-state index >= 15 is 0 Å². The maximum Gasteiger partial charge on any atom is 0.245 e. The van der Waals surface area contributed by atoms with Crippen molar-refractivity contribution in [2.24, 2.45) is 23.7 Å². The highest BCUT2D eigenvalue weighted by Crippen LogP contribution is 2.67. The minimum Gasteiger partial charge on any atom is -0.345 e. The van der Waals surface area contributed by atoms with Crippen molar-refractivity contribution in [3.63, 3.8) is 0 Å². The highest BCUT2D eigenvalue weighted by Gasteiger charge is 2.67. The number of amides is 2. The van der Waals surface area contributed by atoms with Gasteiger partial charge in [-0.1, -0.05) is 0 Å². The SMILES string of the molecule is CC1NC(=O)CCN(C2C3C4CCC(C4)C32)C1=O. The molecule has 2 amide bonds. The summed E-state index contributed by atoms with van der Waals surface area (Å²) in [6.07, 6.45) is 4.62. The minimum absolute atomic E-state index is 0.0205. The number of carbonyl (C=O) groups excluding carboxylic acids is 2. The molecule has 1 N–H and O–H groups in total. The van der Waals surface area contributed by atoms with Gasteiger partial charge in [0.1, 0.15) is 6.04 Å². The van der Waals surface area contributed by atoms with Crippen LogP contribution in [0.1, 0.15) is 32.6 Å². The fourth-order valence-electron chi connectivity index (χ4n) is 4.95. The Morgan fingerprint density at radius 1 is 1.17 bits per heavy atom. The van der Waals surface area contributed by atoms with Crippen molar-refractivity contribution in [3.05, 3.63) is 0 Å². The van der Waals surface area contributed by atoms with Gasteiger partial charge in [-0.3, -0.25) is 9.59 Å². The van der Waals surface area contributed by atoms with Gasteiger partial charge in [0, 0.05) is 19.0 Å². The van der Waals surface area contributed by atoms with Crippen LogP contribution in [0.5, 0.6) is 0 Å². The number of nitrogens with zero attached hydrogens (tertiary/aromatic N) is 1. The van der Waals surface area contributed by atoms with Gasteiger partial charge in [0.05, 0.1) is 0 Å². The second-order valence-corrected chi connectivity index (χ2v) is 6.55. The highest BCUT2D eigenvalue weighted by molar-refractivity contribution is 5.90. The highest BCUT2D eigenvalue weighted by atomic mass is 16.2. The lowest BCUT2D eigenvalue weighted by molar-refractivity contribution is -0.134. The van der Waals surface area contributed by atoms with Gasteiger partial charge in [-0.25, -0.2) is 0 Å². The van der Waals surface area contributed by atoms with Crippen molar-refractivity contribution in [1.82, 2.24) is 10.2 Å². The zero-order valence-corrected chi connectivity index (χ0v) is 10.8. The van der Waals surface area contributed by atoms with E-state index in [0.29, 0.717) is 19.0 Å². The number of hydrogen-bond donors (Lipinski definition) is 1. The first kappa shape index (κ1) is 10.8. The zero-order chi connectivity index (χ0) is 12.4. The van der Waals surface area contributed by atoms with Crippen molar-refractivity contribution in [1.29, 1.82) is 0 Å². The van der Waals surface area contributed by atoms with E-state index in [-0.39, 0.29) is 17.9 Å². The van der Waals surface area contributed by atoms with Crippen molar-refractivity contribution >= 4 is 11.8 Å². The molecule has 1 aliphatic heterocycles. The van der Waals surface area contributed by atoms with Crippen molar-refractivity contribution in [3.8, 4) is 0 Å². The number of rotatable bonds is 1. The van der Waals surface area contributed by atoms with Crippen molar-refractivity contribution in [2.45, 2.75) is 44.7 Å². The van der Waals surface area contributed by atoms with E-state index in [1.165, 1.54) is 19.3 Å². The summed E-state index contributed by atoms with van der Waals surface area (Å²) in [5, 5.41) is 2.78. The van der Waals surface area contributed by atoms with Gasteiger partial charge >= 0.3 is 0 Å². The average Bonchev–Trinajstić information content (AvgIpc) is 2.80. The summed E-state index contributed by atoms with van der Waals surface area (Å²) in [6, 6.07) is 0.137. The van der Waals surface area contributed by atoms with Crippen LogP contribution in [-0.2, 0) is 9.59 Å². The molecule has 0 aromatic heterocycles. The first-order valence-corrected chi connectivity index (χ1v) is 7.26. The summed E-state index contributed by atoms with van der Waals surface area (Å²) in [7, 11) is 0. The molecule has 0 spiro atoms. The predicted molar refractivity (Wildman–Crippen MR) is 65.5 cm³/mol. The van der Waals surface area contributed by atoms with E-state index in [4.69, 9.17) is 0 Å². The first-order valence-electron chi connectivity index (χ1n) is 7.26. The maximum absolute atomic E-state index is 12.3. The molecule has 5 unspecified atom stereocenters. The monoisotopic (exact) mass is 248 g/mol. The standard InChI is InChI=1S/C14H20N2O2/c1-7-14(18)16(5-4-10(17)15-7)13-11-8-2-3-9(6-8)12(11)13/h7-9,11-13H,2-6H2,1H3,(H,15,17). The van der Waals surface area contributed by atoms with Gasteiger partial charge in [0.25, 0.3) is 0 Å². The van der Waals surface area contributed by atoms with E-state index in [1.807, 2.05) is 11.8 Å². The van der Waals surface area contributed by atoms with Crippen molar-refractivity contribution < 1.29 is 9.59 Å². The lowest BCUT2D eigenvalue weighted by atomic mass is 10.0. The smallest absolute Gasteiger partial charge is 0.245 e. The van der Waals surface area contributed by atoms with E-state index in [9.17, 15) is 9.59 Å². The molecular weight excluding hydrogens is 228 g/mol. The molecule has 0 aromatic rings. The molecule has 2 bridgehead atoms. The van der Waals surface area contributed by atoms with Gasteiger partial charge in [-0.05, 0) is 49.9 Å². The third kappa shape index (κ3) is 1.32. The van der Waals surface area contributed by atoms with Crippen LogP contribution in [0.2, 0.25) is 0 Å². The summed E-state index contributed by atoms with van der Waals surface area (Å²) in [6.45, 7) is 2.44. The summed E-state index contributed by atoms with van der Waals surface area (Å²) in [4.78, 5) is 25.9. The molecule has 0 radical (unpaired) electrons. The van der Waals surface area contributed by atoms with Gasteiger partial charge in [0.15, 0.2) is 0 Å². The Morgan fingerprint density at radius 2 is 1.83 bits per heavy atom. The molecule has 4 nitrogen and oxygen atoms in total. The third-order valence-corrected chi connectivity index (χ3v) is 5.67. The van der Waals surface area contributed by atoms with E-state index in [0.717, 1.165) is 23.7 Å². The number of fused-ring (bicyclic) bond motifs is 5. The summed E-state index contributed by atoms with van der Waals surface area (Å²) < 4.78 is 0. The van der Waals surface area contributed by atoms with E-state index < -0.39 is 0 Å². The molecule has 3 aliphatic carbocycles. The molecule has 18 heavy (non-hydrogen) atoms. The Hall–Kier alpha value is -1.06. The molecule has 1 heterocycles. The fraction of sp³-hybridized carbons (Fsp3) is 0.857. The molecule has 3 saturated carbocycles. The van der Waals surface area contributed by atoms with Crippen LogP contribution < -0.4 is 5.32 Å². The second kappa shape index (κ2) is 3.49. The minimum atomic E-state index is -0.334. The fourth-order valence-corrected chi connectivity index (χ4v) is 4.95. The van der Waals surface area contributed by atoms with Gasteiger partial charge in [-0.2, -0.15) is 0 Å². The molecule has 4 fully saturated rings. The van der Waals surface area contributed by atoms with Crippen LogP contribution in [-0.4, -0.2) is 35.3 Å². The van der Waals surface area contributed by atoms with Crippen LogP contribution in [0.25, 0.3) is 0 Å². The number of carbonyl (C=O) groups is 2. The maximum atomic E-state index is 12.3. The predicted octanol–water partition coefficient (Wildman–Crippen LogP) is 0.768. The average molecular weight is 248 g/mol. The lowest BCUT2D eigenvalue weighted by Gasteiger charge is -2.25. The molecule has 4 heteroatoms. The lowest BCUT2D eigenvalue weighted by Crippen LogP contribution is -2.44. The summed E-state index contributed by atoms with van der Waals surface area (Å²) in [5.74, 6) is 3.45. The van der Waals surface area contributed by atoms with Crippen LogP contribution in [0.3, 0.4) is 0 Å². The summed E-state index contributed by atoms with van der Waals surface area (Å²) >= 11 is 0. The summed E-state index contributed by atoms with van der Waals surface area (Å²) in [5.41, 5.74) is 0. The topological polar surface area (TPSA) is 49.4 Å². The first-order chi connectivity index (χ1) is 8.66. The number of hydrogen-bond acceptors (Lipinski definition) is 2. The molecule has 5 atom stereocenters. The van der Waals surface area contributed by atoms with Crippen molar-refractivity contribution in [2.75, 3.05) is 6.54 Å². The normalized spacial score (nSPS) is 49.9. The van der Waals surface area contributed by atoms with Gasteiger partial charge < -0.3 is 10.2 Å². The number of nitrogens with one attached hydrogen (secondary N) is 1. The van der Waals surface area contributed by atoms with Crippen LogP contribution in [0.15, 0.2) is 0 Å². The molecule has 4 rings (SSSR count). The Kier molecular flexibility index (Phi) is 2.10. The van der Waals surface area contributed by atoms with Crippen LogP contribution >= 0.6 is 0 Å². The Morgan fingerprint density at radius 3 is 2.50 bits per heavy atom. The van der Waals surface area contributed by atoms with Crippen LogP contribution in [0.4, 0.5) is 0 Å². The Balaban J connectivity index is 1.55.